The van der Waals surface area contributed by atoms with Crippen molar-refractivity contribution in [2.45, 2.75) is 19.3 Å². The van der Waals surface area contributed by atoms with Crippen molar-refractivity contribution in [2.75, 3.05) is 6.61 Å². The molecule has 22 heavy (non-hydrogen) atoms. The highest BCUT2D eigenvalue weighted by Gasteiger charge is 2.23. The van der Waals surface area contributed by atoms with E-state index in [1.165, 1.54) is 11.7 Å². The van der Waals surface area contributed by atoms with Gasteiger partial charge in [-0.25, -0.2) is 0 Å². The van der Waals surface area contributed by atoms with E-state index in [0.29, 0.717) is 13.0 Å². The van der Waals surface area contributed by atoms with Gasteiger partial charge < -0.3 is 4.74 Å². The molecule has 5 heteroatoms. The first-order valence-electron chi connectivity index (χ1n) is 7.20. The van der Waals surface area contributed by atoms with Crippen molar-refractivity contribution in [3.05, 3.63) is 59.7 Å². The molecule has 0 saturated carbocycles. The highest BCUT2D eigenvalue weighted by atomic mass is 32.1. The van der Waals surface area contributed by atoms with Crippen molar-refractivity contribution < 1.29 is 9.53 Å². The molecule has 3 aromatic rings. The predicted octanol–water partition coefficient (Wildman–Crippen LogP) is 3.58. The third-order valence-electron chi connectivity index (χ3n) is 3.53. The first-order valence-corrected chi connectivity index (χ1v) is 7.93. The molecule has 1 atom stereocenters. The average molecular weight is 312 g/mol. The van der Waals surface area contributed by atoms with Crippen LogP contribution in [0.5, 0.6) is 0 Å². The summed E-state index contributed by atoms with van der Waals surface area (Å²) in [5.41, 5.74) is 3.71. The molecule has 1 unspecified atom stereocenters. The maximum Gasteiger partial charge on any atom is 0.313 e. The van der Waals surface area contributed by atoms with Gasteiger partial charge in [0.2, 0.25) is 0 Å². The van der Waals surface area contributed by atoms with Gasteiger partial charge in [0.25, 0.3) is 0 Å². The molecule has 0 amide bonds. The van der Waals surface area contributed by atoms with Crippen molar-refractivity contribution in [3.8, 4) is 0 Å². The van der Waals surface area contributed by atoms with Gasteiger partial charge in [-0.3, -0.25) is 4.79 Å². The van der Waals surface area contributed by atoms with Gasteiger partial charge in [0.15, 0.2) is 0 Å². The van der Waals surface area contributed by atoms with Crippen molar-refractivity contribution in [1.82, 2.24) is 8.75 Å². The highest BCUT2D eigenvalue weighted by Crippen LogP contribution is 2.25. The molecule has 3 rings (SSSR count). The van der Waals surface area contributed by atoms with Crippen LogP contribution in [0, 0.1) is 0 Å². The Morgan fingerprint density at radius 1 is 1.14 bits per heavy atom. The first kappa shape index (κ1) is 14.7. The van der Waals surface area contributed by atoms with E-state index in [4.69, 9.17) is 4.74 Å². The van der Waals surface area contributed by atoms with E-state index in [9.17, 15) is 4.79 Å². The molecule has 0 N–H and O–H groups in total. The number of carbonyl (C=O) groups excluding carboxylic acids is 1. The van der Waals surface area contributed by atoms with Crippen LogP contribution in [0.3, 0.4) is 0 Å². The van der Waals surface area contributed by atoms with Crippen LogP contribution in [0.25, 0.3) is 11.0 Å². The van der Waals surface area contributed by atoms with Gasteiger partial charge in [0.1, 0.15) is 11.0 Å². The molecule has 0 aliphatic heterocycles. The molecule has 0 spiro atoms. The number of benzene rings is 2. The highest BCUT2D eigenvalue weighted by molar-refractivity contribution is 7.00. The Bertz CT molecular complexity index is 770. The summed E-state index contributed by atoms with van der Waals surface area (Å²) in [5.74, 6) is -0.526. The Hall–Kier alpha value is -2.27. The smallest absolute Gasteiger partial charge is 0.313 e. The van der Waals surface area contributed by atoms with E-state index in [1.54, 1.807) is 0 Å². The Balaban J connectivity index is 1.94. The molecule has 1 heterocycles. The second-order valence-corrected chi connectivity index (χ2v) is 5.54. The van der Waals surface area contributed by atoms with E-state index >= 15 is 0 Å². The van der Waals surface area contributed by atoms with Gasteiger partial charge in [-0.15, -0.1) is 0 Å². The van der Waals surface area contributed by atoms with E-state index < -0.39 is 0 Å². The van der Waals surface area contributed by atoms with Crippen LogP contribution in [0.4, 0.5) is 0 Å². The summed E-state index contributed by atoms with van der Waals surface area (Å²) in [4.78, 5) is 12.4. The van der Waals surface area contributed by atoms with Crippen molar-refractivity contribution in [1.29, 1.82) is 0 Å². The zero-order valence-electron chi connectivity index (χ0n) is 12.2. The van der Waals surface area contributed by atoms with Crippen LogP contribution in [-0.2, 0) is 16.0 Å². The van der Waals surface area contributed by atoms with E-state index in [2.05, 4.69) is 8.75 Å². The minimum atomic E-state index is -0.326. The molecular weight excluding hydrogens is 296 g/mol. The van der Waals surface area contributed by atoms with E-state index in [1.807, 2.05) is 55.5 Å². The van der Waals surface area contributed by atoms with Crippen molar-refractivity contribution in [2.24, 2.45) is 0 Å². The second-order valence-electron chi connectivity index (χ2n) is 5.01. The van der Waals surface area contributed by atoms with Gasteiger partial charge in [-0.1, -0.05) is 36.4 Å². The minimum absolute atomic E-state index is 0.200. The summed E-state index contributed by atoms with van der Waals surface area (Å²) in [6.07, 6.45) is 0.614. The number of nitrogens with zero attached hydrogens (tertiary/aromatic N) is 2. The number of ether oxygens (including phenoxy) is 1. The Labute approximate surface area is 133 Å². The molecule has 0 radical (unpaired) electrons. The number of fused-ring (bicyclic) bond motifs is 1. The molecule has 0 aliphatic rings. The second kappa shape index (κ2) is 6.66. The topological polar surface area (TPSA) is 52.1 Å². The summed E-state index contributed by atoms with van der Waals surface area (Å²) in [6, 6.07) is 15.7. The fraction of sp³-hybridized carbons (Fsp3) is 0.235. The van der Waals surface area contributed by atoms with Crippen molar-refractivity contribution >= 4 is 28.7 Å². The number of hydrogen-bond acceptors (Lipinski definition) is 5. The number of hydrogen-bond donors (Lipinski definition) is 0. The predicted molar refractivity (Wildman–Crippen MR) is 86.9 cm³/mol. The molecule has 1 aromatic heterocycles. The molecule has 0 bridgehead atoms. The van der Waals surface area contributed by atoms with Crippen LogP contribution in [0.15, 0.2) is 48.5 Å². The Kier molecular flexibility index (Phi) is 4.44. The number of aromatic nitrogens is 2. The number of carbonyl (C=O) groups is 1. The third-order valence-corrected chi connectivity index (χ3v) is 4.09. The quantitative estimate of drug-likeness (QED) is 0.676. The van der Waals surface area contributed by atoms with Gasteiger partial charge in [0, 0.05) is 0 Å². The van der Waals surface area contributed by atoms with E-state index in [-0.39, 0.29) is 11.9 Å². The van der Waals surface area contributed by atoms with E-state index in [0.717, 1.165) is 22.2 Å². The van der Waals surface area contributed by atoms with Gasteiger partial charge in [0.05, 0.1) is 24.3 Å². The lowest BCUT2D eigenvalue weighted by molar-refractivity contribution is -0.144. The van der Waals surface area contributed by atoms with Crippen LogP contribution < -0.4 is 0 Å². The largest absolute Gasteiger partial charge is 0.466 e. The van der Waals surface area contributed by atoms with Crippen LogP contribution >= 0.6 is 11.7 Å². The monoisotopic (exact) mass is 312 g/mol. The third kappa shape index (κ3) is 3.14. The SMILES string of the molecule is CCOC(=O)C(Cc1ccccc1)c1ccc2nsnc2c1. The lowest BCUT2D eigenvalue weighted by Gasteiger charge is -2.16. The lowest BCUT2D eigenvalue weighted by Crippen LogP contribution is -2.18. The molecular formula is C17H16N2O2S. The molecule has 2 aromatic carbocycles. The van der Waals surface area contributed by atoms with Gasteiger partial charge in [-0.05, 0) is 36.6 Å². The van der Waals surface area contributed by atoms with Crippen LogP contribution in [0.1, 0.15) is 24.0 Å². The summed E-state index contributed by atoms with van der Waals surface area (Å²) in [7, 11) is 0. The summed E-state index contributed by atoms with van der Waals surface area (Å²) >= 11 is 1.18. The molecule has 112 valence electrons. The molecule has 0 fully saturated rings. The van der Waals surface area contributed by atoms with Gasteiger partial charge in [-0.2, -0.15) is 8.75 Å². The zero-order chi connectivity index (χ0) is 15.4. The minimum Gasteiger partial charge on any atom is -0.466 e. The lowest BCUT2D eigenvalue weighted by atomic mass is 9.91. The molecule has 4 nitrogen and oxygen atoms in total. The number of rotatable bonds is 5. The normalized spacial score (nSPS) is 12.2. The summed E-state index contributed by atoms with van der Waals surface area (Å²) in [6.45, 7) is 2.20. The van der Waals surface area contributed by atoms with Gasteiger partial charge >= 0.3 is 5.97 Å². The van der Waals surface area contributed by atoms with Crippen molar-refractivity contribution in [3.63, 3.8) is 0 Å². The van der Waals surface area contributed by atoms with Crippen LogP contribution in [0.2, 0.25) is 0 Å². The molecule has 0 saturated heterocycles. The maximum absolute atomic E-state index is 12.4. The van der Waals surface area contributed by atoms with Crippen LogP contribution in [-0.4, -0.2) is 21.3 Å². The fourth-order valence-electron chi connectivity index (χ4n) is 2.45. The Morgan fingerprint density at radius 3 is 2.68 bits per heavy atom. The average Bonchev–Trinajstić information content (AvgIpc) is 3.01. The standard InChI is InChI=1S/C17H16N2O2S/c1-2-21-17(20)14(10-12-6-4-3-5-7-12)13-8-9-15-16(11-13)19-22-18-15/h3-9,11,14H,2,10H2,1H3. The molecule has 0 aliphatic carbocycles. The maximum atomic E-state index is 12.4. The fourth-order valence-corrected chi connectivity index (χ4v) is 2.96. The summed E-state index contributed by atoms with van der Waals surface area (Å²) < 4.78 is 13.7. The number of esters is 1. The zero-order valence-corrected chi connectivity index (χ0v) is 13.0. The summed E-state index contributed by atoms with van der Waals surface area (Å²) in [5, 5.41) is 0. The Morgan fingerprint density at radius 2 is 1.91 bits per heavy atom. The first-order chi connectivity index (χ1) is 10.8.